The van der Waals surface area contributed by atoms with Crippen molar-refractivity contribution in [1.82, 2.24) is 10.2 Å². The zero-order valence-electron chi connectivity index (χ0n) is 13.3. The predicted molar refractivity (Wildman–Crippen MR) is 93.5 cm³/mol. The van der Waals surface area contributed by atoms with Crippen LogP contribution in [-0.2, 0) is 15.4 Å². The first-order chi connectivity index (χ1) is 12.4. The Bertz CT molecular complexity index is 1040. The number of benzene rings is 2. The topological polar surface area (TPSA) is 72.0 Å². The number of anilines is 1. The lowest BCUT2D eigenvalue weighted by molar-refractivity contribution is 0.521. The maximum atomic E-state index is 13.8. The normalized spacial score (nSPS) is 15.6. The second-order valence-electron chi connectivity index (χ2n) is 6.02. The summed E-state index contributed by atoms with van der Waals surface area (Å²) in [6, 6.07) is 12.6. The molecule has 26 heavy (non-hydrogen) atoms. The van der Waals surface area contributed by atoms with Gasteiger partial charge in [0.25, 0.3) is 10.0 Å². The molecule has 9 heteroatoms. The van der Waals surface area contributed by atoms with E-state index in [1.165, 1.54) is 0 Å². The van der Waals surface area contributed by atoms with Gasteiger partial charge in [0.15, 0.2) is 4.90 Å². The molecule has 0 bridgehead atoms. The Balaban J connectivity index is 1.64. The molecule has 1 aliphatic rings. The van der Waals surface area contributed by atoms with E-state index in [0.717, 1.165) is 47.9 Å². The first-order valence-corrected chi connectivity index (χ1v) is 10.1. The van der Waals surface area contributed by atoms with E-state index in [1.54, 1.807) is 0 Å². The van der Waals surface area contributed by atoms with Gasteiger partial charge >= 0.3 is 0 Å². The van der Waals surface area contributed by atoms with Crippen LogP contribution in [0.15, 0.2) is 53.4 Å². The lowest BCUT2D eigenvalue weighted by atomic mass is 9.97. The van der Waals surface area contributed by atoms with Crippen molar-refractivity contribution in [2.24, 2.45) is 0 Å². The maximum Gasteiger partial charge on any atom is 0.269 e. The van der Waals surface area contributed by atoms with Crippen molar-refractivity contribution in [2.45, 2.75) is 23.2 Å². The van der Waals surface area contributed by atoms with E-state index in [9.17, 15) is 17.2 Å². The molecule has 1 saturated carbocycles. The minimum Gasteiger partial charge on any atom is -0.253 e. The molecule has 0 aliphatic heterocycles. The summed E-state index contributed by atoms with van der Waals surface area (Å²) in [4.78, 5) is -1.03. The summed E-state index contributed by atoms with van der Waals surface area (Å²) < 4.78 is 54.4. The molecule has 1 fully saturated rings. The number of nitrogens with one attached hydrogen (secondary N) is 1. The molecule has 0 saturated heterocycles. The van der Waals surface area contributed by atoms with Gasteiger partial charge in [-0.1, -0.05) is 47.7 Å². The van der Waals surface area contributed by atoms with E-state index in [0.29, 0.717) is 5.01 Å². The first kappa shape index (κ1) is 17.0. The second kappa shape index (κ2) is 6.10. The van der Waals surface area contributed by atoms with Gasteiger partial charge in [-0.25, -0.2) is 17.2 Å². The van der Waals surface area contributed by atoms with Crippen LogP contribution in [-0.4, -0.2) is 18.6 Å². The van der Waals surface area contributed by atoms with Gasteiger partial charge in [-0.3, -0.25) is 4.72 Å². The zero-order valence-corrected chi connectivity index (χ0v) is 14.9. The Morgan fingerprint density at radius 3 is 2.23 bits per heavy atom. The largest absolute Gasteiger partial charge is 0.269 e. The standard InChI is InChI=1S/C17H13F2N3O2S2/c18-12-7-4-8-13(19)14(12)26(23,24)22-16-21-20-15(25-16)17(9-10-17)11-5-2-1-3-6-11/h1-8H,9-10H2,(H,21,22). The number of nitrogens with zero attached hydrogens (tertiary/aromatic N) is 2. The monoisotopic (exact) mass is 393 g/mol. The molecule has 0 amide bonds. The van der Waals surface area contributed by atoms with Crippen LogP contribution in [0.3, 0.4) is 0 Å². The molecule has 4 rings (SSSR count). The predicted octanol–water partition coefficient (Wildman–Crippen LogP) is 3.70. The molecule has 1 aromatic heterocycles. The van der Waals surface area contributed by atoms with Crippen molar-refractivity contribution in [2.75, 3.05) is 4.72 Å². The molecule has 1 N–H and O–H groups in total. The fourth-order valence-corrected chi connectivity index (χ4v) is 5.25. The summed E-state index contributed by atoms with van der Waals surface area (Å²) in [5, 5.41) is 8.61. The molecule has 5 nitrogen and oxygen atoms in total. The molecule has 134 valence electrons. The number of halogens is 2. The molecular weight excluding hydrogens is 380 g/mol. The summed E-state index contributed by atoms with van der Waals surface area (Å²) in [5.74, 6) is -2.32. The quantitative estimate of drug-likeness (QED) is 0.718. The third kappa shape index (κ3) is 2.86. The second-order valence-corrected chi connectivity index (χ2v) is 8.61. The van der Waals surface area contributed by atoms with Crippen LogP contribution < -0.4 is 4.72 Å². The van der Waals surface area contributed by atoms with E-state index >= 15 is 0 Å². The number of sulfonamides is 1. The molecule has 1 aliphatic carbocycles. The van der Waals surface area contributed by atoms with Crippen LogP contribution in [0.1, 0.15) is 23.4 Å². The van der Waals surface area contributed by atoms with Gasteiger partial charge in [0.1, 0.15) is 16.6 Å². The highest BCUT2D eigenvalue weighted by Gasteiger charge is 2.49. The number of hydrogen-bond donors (Lipinski definition) is 1. The highest BCUT2D eigenvalue weighted by atomic mass is 32.2. The van der Waals surface area contributed by atoms with Crippen molar-refractivity contribution in [3.63, 3.8) is 0 Å². The summed E-state index contributed by atoms with van der Waals surface area (Å²) in [5.41, 5.74) is 0.831. The van der Waals surface area contributed by atoms with E-state index in [2.05, 4.69) is 14.9 Å². The average molecular weight is 393 g/mol. The van der Waals surface area contributed by atoms with Crippen LogP contribution in [0.4, 0.5) is 13.9 Å². The van der Waals surface area contributed by atoms with Crippen LogP contribution >= 0.6 is 11.3 Å². The molecule has 2 aromatic carbocycles. The number of rotatable bonds is 5. The molecule has 3 aromatic rings. The highest BCUT2D eigenvalue weighted by Crippen LogP contribution is 2.54. The fraction of sp³-hybridized carbons (Fsp3) is 0.176. The van der Waals surface area contributed by atoms with Crippen molar-refractivity contribution < 1.29 is 17.2 Å². The van der Waals surface area contributed by atoms with Crippen LogP contribution in [0.2, 0.25) is 0 Å². The molecule has 1 heterocycles. The smallest absolute Gasteiger partial charge is 0.253 e. The molecule has 0 atom stereocenters. The van der Waals surface area contributed by atoms with Gasteiger partial charge in [-0.15, -0.1) is 10.2 Å². The molecule has 0 spiro atoms. The zero-order chi connectivity index (χ0) is 18.4. The summed E-state index contributed by atoms with van der Waals surface area (Å²) in [7, 11) is -4.44. The highest BCUT2D eigenvalue weighted by molar-refractivity contribution is 7.93. The third-order valence-corrected chi connectivity index (χ3v) is 6.88. The first-order valence-electron chi connectivity index (χ1n) is 7.79. The van der Waals surface area contributed by atoms with Gasteiger partial charge in [-0.05, 0) is 30.5 Å². The molecule has 0 unspecified atom stereocenters. The Kier molecular flexibility index (Phi) is 4.00. The van der Waals surface area contributed by atoms with Gasteiger partial charge in [-0.2, -0.15) is 0 Å². The van der Waals surface area contributed by atoms with E-state index in [1.807, 2.05) is 30.3 Å². The summed E-state index contributed by atoms with van der Waals surface area (Å²) in [6.07, 6.45) is 1.78. The minimum absolute atomic E-state index is 0.0233. The lowest BCUT2D eigenvalue weighted by Crippen LogP contribution is -2.16. The van der Waals surface area contributed by atoms with Crippen molar-refractivity contribution in [3.05, 3.63) is 70.7 Å². The average Bonchev–Trinajstić information content (AvgIpc) is 3.29. The third-order valence-electron chi connectivity index (χ3n) is 4.32. The van der Waals surface area contributed by atoms with E-state index in [4.69, 9.17) is 0 Å². The van der Waals surface area contributed by atoms with Gasteiger partial charge in [0.2, 0.25) is 5.13 Å². The Morgan fingerprint density at radius 1 is 0.962 bits per heavy atom. The fourth-order valence-electron chi connectivity index (χ4n) is 2.87. The maximum absolute atomic E-state index is 13.8. The Morgan fingerprint density at radius 2 is 1.62 bits per heavy atom. The van der Waals surface area contributed by atoms with Crippen LogP contribution in [0, 0.1) is 11.6 Å². The minimum atomic E-state index is -4.44. The summed E-state index contributed by atoms with van der Waals surface area (Å²) in [6.45, 7) is 0. The molecular formula is C17H13F2N3O2S2. The SMILES string of the molecule is O=S(=O)(Nc1nnc(C2(c3ccccc3)CC2)s1)c1c(F)cccc1F. The van der Waals surface area contributed by atoms with Crippen molar-refractivity contribution >= 4 is 26.5 Å². The van der Waals surface area contributed by atoms with Gasteiger partial charge in [0, 0.05) is 5.41 Å². The number of aromatic nitrogens is 2. The van der Waals surface area contributed by atoms with Crippen molar-refractivity contribution in [3.8, 4) is 0 Å². The number of hydrogen-bond acceptors (Lipinski definition) is 5. The van der Waals surface area contributed by atoms with Crippen molar-refractivity contribution in [1.29, 1.82) is 0 Å². The summed E-state index contributed by atoms with van der Waals surface area (Å²) >= 11 is 1.07. The van der Waals surface area contributed by atoms with Crippen LogP contribution in [0.5, 0.6) is 0 Å². The van der Waals surface area contributed by atoms with Crippen LogP contribution in [0.25, 0.3) is 0 Å². The van der Waals surface area contributed by atoms with Gasteiger partial charge < -0.3 is 0 Å². The Hall–Kier alpha value is -2.39. The van der Waals surface area contributed by atoms with E-state index in [-0.39, 0.29) is 10.5 Å². The Labute approximate surface area is 152 Å². The van der Waals surface area contributed by atoms with Gasteiger partial charge in [0.05, 0.1) is 0 Å². The molecule has 0 radical (unpaired) electrons. The van der Waals surface area contributed by atoms with E-state index < -0.39 is 26.6 Å². The lowest BCUT2D eigenvalue weighted by Gasteiger charge is -2.11.